The molecule has 0 spiro atoms. The van der Waals surface area contributed by atoms with Gasteiger partial charge in [0.1, 0.15) is 18.8 Å². The third-order valence-electron chi connectivity index (χ3n) is 9.74. The highest BCUT2D eigenvalue weighted by atomic mass is 33.1. The molecule has 0 radical (unpaired) electrons. The summed E-state index contributed by atoms with van der Waals surface area (Å²) in [5.41, 5.74) is 20.8. The summed E-state index contributed by atoms with van der Waals surface area (Å²) in [6, 6.07) is -1.03. The van der Waals surface area contributed by atoms with Gasteiger partial charge in [0.05, 0.1) is 32.8 Å². The van der Waals surface area contributed by atoms with Gasteiger partial charge in [0.2, 0.25) is 5.91 Å². The van der Waals surface area contributed by atoms with E-state index in [0.29, 0.717) is 12.8 Å². The van der Waals surface area contributed by atoms with Crippen LogP contribution in [0.1, 0.15) is 142 Å². The Morgan fingerprint density at radius 2 is 1.02 bits per heavy atom. The lowest BCUT2D eigenvalue weighted by Gasteiger charge is -2.44. The Labute approximate surface area is 365 Å². The Morgan fingerprint density at radius 1 is 0.567 bits per heavy atom. The third-order valence-corrected chi connectivity index (χ3v) is 12.3. The third kappa shape index (κ3) is 25.3. The molecule has 1 heterocycles. The molecule has 0 aliphatic carbocycles. The van der Waals surface area contributed by atoms with Crippen LogP contribution < -0.4 is 28.3 Å². The molecule has 6 unspecified atom stereocenters. The van der Waals surface area contributed by atoms with Gasteiger partial charge in [-0.25, -0.2) is 4.79 Å². The Kier molecular flexibility index (Phi) is 33.1. The van der Waals surface area contributed by atoms with E-state index < -0.39 is 98.5 Å². The van der Waals surface area contributed by atoms with E-state index in [1.54, 1.807) is 0 Å². The van der Waals surface area contributed by atoms with Crippen LogP contribution in [0.4, 0.5) is 0 Å². The van der Waals surface area contributed by atoms with Crippen molar-refractivity contribution >= 4 is 57.3 Å². The van der Waals surface area contributed by atoms with Crippen molar-refractivity contribution in [1.82, 2.24) is 5.32 Å². The number of rotatable bonds is 36. The fourth-order valence-electron chi connectivity index (χ4n) is 6.39. The molecule has 1 rings (SSSR count). The number of ether oxygens (including phenoxy) is 6. The molecule has 0 aromatic heterocycles. The fraction of sp³-hybridized carbons (Fsp3) is 0.854. The quantitative estimate of drug-likeness (QED) is 0.0257. The van der Waals surface area contributed by atoms with Crippen LogP contribution in [-0.4, -0.2) is 117 Å². The summed E-state index contributed by atoms with van der Waals surface area (Å²) in [7, 11) is 2.07. The van der Waals surface area contributed by atoms with Crippen molar-refractivity contribution in [3.05, 3.63) is 0 Å². The van der Waals surface area contributed by atoms with Crippen molar-refractivity contribution < 1.29 is 57.2 Å². The van der Waals surface area contributed by atoms with Crippen LogP contribution in [0.5, 0.6) is 0 Å². The summed E-state index contributed by atoms with van der Waals surface area (Å²) in [6.07, 6.45) is 15.7. The number of unbranched alkanes of at least 4 members (excludes halogenated alkanes) is 17. The van der Waals surface area contributed by atoms with Gasteiger partial charge in [-0.1, -0.05) is 145 Å². The van der Waals surface area contributed by atoms with Crippen LogP contribution in [0.3, 0.4) is 0 Å². The smallest absolute Gasteiger partial charge is 0.329 e. The Morgan fingerprint density at radius 3 is 1.52 bits per heavy atom. The van der Waals surface area contributed by atoms with Crippen LogP contribution in [0, 0.1) is 0 Å². The first-order valence-corrected chi connectivity index (χ1v) is 24.4. The number of esters is 5. The highest BCUT2D eigenvalue weighted by molar-refractivity contribution is 8.76. The maximum Gasteiger partial charge on any atom is 0.329 e. The molecule has 1 fully saturated rings. The minimum atomic E-state index is -1.52. The zero-order valence-corrected chi connectivity index (χ0v) is 37.7. The molecule has 1 aliphatic rings. The zero-order chi connectivity index (χ0) is 44.4. The van der Waals surface area contributed by atoms with Crippen LogP contribution in [-0.2, 0) is 57.2 Å². The topological polar surface area (TPSA) is 274 Å². The van der Waals surface area contributed by atoms with E-state index in [0.717, 1.165) is 60.1 Å². The Bertz CT molecular complexity index is 1220. The summed E-state index contributed by atoms with van der Waals surface area (Å²) in [5, 5.41) is 2.84. The maximum absolute atomic E-state index is 13.4. The van der Waals surface area contributed by atoms with Gasteiger partial charge in [0.25, 0.3) is 0 Å². The number of hydrogen-bond donors (Lipinski definition) is 5. The second-order valence-corrected chi connectivity index (χ2v) is 17.3. The van der Waals surface area contributed by atoms with Gasteiger partial charge in [-0.3, -0.25) is 24.0 Å². The summed E-state index contributed by atoms with van der Waals surface area (Å²) in [4.78, 5) is 76.2. The normalized spacial score (nSPS) is 19.2. The molecule has 1 aliphatic heterocycles. The number of hydrogen-bond acceptors (Lipinski definition) is 18. The van der Waals surface area contributed by atoms with E-state index in [1.807, 2.05) is 0 Å². The fourth-order valence-corrected chi connectivity index (χ4v) is 8.98. The summed E-state index contributed by atoms with van der Waals surface area (Å²) >= 11 is 0. The second kappa shape index (κ2) is 35.9. The SMILES string of the molecule is CCCCCCCCCCCCOC(=O)C(CSSC1OC(COC(=O)CN)C(OC(=O)CN)C(OC(=O)CN)C1OC(=O)CN)NC(=O)CCCCCCCCCCC. The average Bonchev–Trinajstić information content (AvgIpc) is 3.25. The molecule has 17 nitrogen and oxygen atoms in total. The van der Waals surface area contributed by atoms with E-state index >= 15 is 0 Å². The van der Waals surface area contributed by atoms with Gasteiger partial charge in [-0.2, -0.15) is 0 Å². The minimum Gasteiger partial charge on any atom is -0.464 e. The number of carbonyl (C=O) groups is 6. The molecule has 0 bridgehead atoms. The lowest BCUT2D eigenvalue weighted by molar-refractivity contribution is -0.238. The lowest BCUT2D eigenvalue weighted by Crippen LogP contribution is -2.62. The molecule has 348 valence electrons. The Hall–Kier alpha value is -2.68. The molecular weight excluding hydrogens is 819 g/mol. The van der Waals surface area contributed by atoms with Crippen molar-refractivity contribution in [2.45, 2.75) is 178 Å². The van der Waals surface area contributed by atoms with Gasteiger partial charge in [0.15, 0.2) is 23.7 Å². The maximum atomic E-state index is 13.4. The molecule has 0 saturated carbocycles. The van der Waals surface area contributed by atoms with E-state index in [9.17, 15) is 28.8 Å². The van der Waals surface area contributed by atoms with Crippen molar-refractivity contribution in [2.24, 2.45) is 22.9 Å². The van der Waals surface area contributed by atoms with Crippen LogP contribution in [0.2, 0.25) is 0 Å². The van der Waals surface area contributed by atoms with Crippen molar-refractivity contribution in [2.75, 3.05) is 45.1 Å². The predicted octanol–water partition coefficient (Wildman–Crippen LogP) is 4.08. The highest BCUT2D eigenvalue weighted by Gasteiger charge is 2.53. The van der Waals surface area contributed by atoms with Crippen LogP contribution in [0.25, 0.3) is 0 Å². The molecular formula is C41H75N5O12S2. The second-order valence-electron chi connectivity index (χ2n) is 14.8. The first-order valence-electron chi connectivity index (χ1n) is 22.0. The molecule has 0 aromatic carbocycles. The van der Waals surface area contributed by atoms with Gasteiger partial charge in [-0.05, 0) is 12.8 Å². The van der Waals surface area contributed by atoms with Crippen LogP contribution in [0.15, 0.2) is 0 Å². The predicted molar refractivity (Wildman–Crippen MR) is 232 cm³/mol. The molecule has 6 atom stereocenters. The standard InChI is InChI=1S/C41H75N5O12S2/c1-3-5-7-9-11-13-15-17-19-21-23-53-40(52)30(46-32(47)22-20-18-16-14-12-10-8-6-4-2)29-59-60-41-39(58-36(51)27-45)38(57-35(50)26-44)37(56-34(49)25-43)31(55-41)28-54-33(48)24-42/h30-31,37-39,41H,3-29,42-45H2,1-2H3,(H,46,47). The summed E-state index contributed by atoms with van der Waals surface area (Å²) < 4.78 is 33.6. The van der Waals surface area contributed by atoms with E-state index in [1.165, 1.54) is 70.6 Å². The van der Waals surface area contributed by atoms with Gasteiger partial charge >= 0.3 is 29.8 Å². The van der Waals surface area contributed by atoms with Gasteiger partial charge in [0, 0.05) is 12.2 Å². The average molecular weight is 894 g/mol. The first-order chi connectivity index (χ1) is 29.0. The largest absolute Gasteiger partial charge is 0.464 e. The molecule has 60 heavy (non-hydrogen) atoms. The number of carbonyl (C=O) groups excluding carboxylic acids is 6. The van der Waals surface area contributed by atoms with E-state index in [4.69, 9.17) is 51.4 Å². The van der Waals surface area contributed by atoms with Gasteiger partial charge < -0.3 is 56.7 Å². The monoisotopic (exact) mass is 893 g/mol. The first kappa shape index (κ1) is 55.3. The zero-order valence-electron chi connectivity index (χ0n) is 36.1. The lowest BCUT2D eigenvalue weighted by atomic mass is 9.99. The molecule has 9 N–H and O–H groups in total. The Balaban J connectivity index is 3.10. The van der Waals surface area contributed by atoms with E-state index in [2.05, 4.69) is 19.2 Å². The minimum absolute atomic E-state index is 0.00805. The van der Waals surface area contributed by atoms with Gasteiger partial charge in [-0.15, -0.1) is 0 Å². The number of nitrogens with one attached hydrogen (secondary N) is 1. The summed E-state index contributed by atoms with van der Waals surface area (Å²) in [6.45, 7) is 1.95. The van der Waals surface area contributed by atoms with Crippen LogP contribution >= 0.6 is 21.6 Å². The van der Waals surface area contributed by atoms with Crippen molar-refractivity contribution in [1.29, 1.82) is 0 Å². The molecule has 19 heteroatoms. The number of amides is 1. The summed E-state index contributed by atoms with van der Waals surface area (Å²) in [5.74, 6) is -4.42. The molecule has 0 aromatic rings. The molecule has 1 amide bonds. The number of nitrogens with two attached hydrogens (primary N) is 4. The van der Waals surface area contributed by atoms with Crippen molar-refractivity contribution in [3.8, 4) is 0 Å². The van der Waals surface area contributed by atoms with E-state index in [-0.39, 0.29) is 24.7 Å². The molecule has 1 saturated heterocycles. The highest BCUT2D eigenvalue weighted by Crippen LogP contribution is 2.39. The van der Waals surface area contributed by atoms with Crippen molar-refractivity contribution in [3.63, 3.8) is 0 Å².